The predicted octanol–water partition coefficient (Wildman–Crippen LogP) is 2.08. The first-order valence-corrected chi connectivity index (χ1v) is 7.46. The molecular formula is C13H11FN4O2S. The molecular weight excluding hydrogens is 295 g/mol. The first-order chi connectivity index (χ1) is 9.95. The fraction of sp³-hybridized carbons (Fsp3) is 0. The molecule has 0 saturated heterocycles. The number of nitrogens with two attached hydrogens (primary N) is 1. The summed E-state index contributed by atoms with van der Waals surface area (Å²) in [7, 11) is -3.90. The highest BCUT2D eigenvalue weighted by molar-refractivity contribution is 7.93. The van der Waals surface area contributed by atoms with Crippen molar-refractivity contribution in [1.82, 2.24) is 9.97 Å². The molecule has 2 aromatic heterocycles. The van der Waals surface area contributed by atoms with Gasteiger partial charge in [-0.25, -0.2) is 13.4 Å². The van der Waals surface area contributed by atoms with Crippen molar-refractivity contribution in [2.45, 2.75) is 4.90 Å². The molecule has 0 bridgehead atoms. The molecule has 0 amide bonds. The number of aromatic amines is 1. The normalized spacial score (nSPS) is 11.7. The van der Waals surface area contributed by atoms with Gasteiger partial charge in [-0.05, 0) is 30.3 Å². The number of nitrogen functional groups attached to an aromatic ring is 1. The van der Waals surface area contributed by atoms with Crippen LogP contribution in [0.5, 0.6) is 0 Å². The minimum absolute atomic E-state index is 0.0239. The third-order valence-corrected chi connectivity index (χ3v) is 4.31. The zero-order valence-electron chi connectivity index (χ0n) is 10.7. The highest BCUT2D eigenvalue weighted by atomic mass is 32.2. The summed E-state index contributed by atoms with van der Waals surface area (Å²) in [6.45, 7) is 0. The zero-order valence-corrected chi connectivity index (χ0v) is 11.5. The molecule has 0 aliphatic carbocycles. The van der Waals surface area contributed by atoms with Crippen molar-refractivity contribution >= 4 is 32.4 Å². The van der Waals surface area contributed by atoms with Crippen molar-refractivity contribution in [3.05, 3.63) is 48.5 Å². The van der Waals surface area contributed by atoms with Crippen LogP contribution in [-0.4, -0.2) is 18.4 Å². The monoisotopic (exact) mass is 306 g/mol. The quantitative estimate of drug-likeness (QED) is 0.509. The minimum atomic E-state index is -3.90. The number of H-pyrrole nitrogens is 1. The van der Waals surface area contributed by atoms with Crippen LogP contribution in [0.4, 0.5) is 15.9 Å². The standard InChI is InChI=1S/C13H11FN4O2S/c14-12-2-1-3-13(17-12)18-21(19,20)11-7-16-10-5-4-8(15)6-9(10)11/h1-7,16H,15H2,(H,17,18). The van der Waals surface area contributed by atoms with Crippen molar-refractivity contribution in [1.29, 1.82) is 0 Å². The largest absolute Gasteiger partial charge is 0.399 e. The third kappa shape index (κ3) is 2.52. The Hall–Kier alpha value is -2.61. The molecule has 8 heteroatoms. The summed E-state index contributed by atoms with van der Waals surface area (Å²) in [5.74, 6) is -0.855. The average Bonchev–Trinajstić information content (AvgIpc) is 2.81. The maximum Gasteiger partial charge on any atom is 0.265 e. The number of rotatable bonds is 3. The molecule has 3 aromatic rings. The fourth-order valence-electron chi connectivity index (χ4n) is 1.99. The number of sulfonamides is 1. The first kappa shape index (κ1) is 13.4. The molecule has 0 fully saturated rings. The van der Waals surface area contributed by atoms with E-state index < -0.39 is 16.0 Å². The zero-order chi connectivity index (χ0) is 15.0. The summed E-state index contributed by atoms with van der Waals surface area (Å²) >= 11 is 0. The Morgan fingerprint density at radius 2 is 2.05 bits per heavy atom. The van der Waals surface area contributed by atoms with Crippen LogP contribution >= 0.6 is 0 Å². The summed E-state index contributed by atoms with van der Waals surface area (Å²) in [5, 5.41) is 0.457. The van der Waals surface area contributed by atoms with E-state index in [1.807, 2.05) is 0 Å². The predicted molar refractivity (Wildman–Crippen MR) is 77.7 cm³/mol. The number of halogens is 1. The van der Waals surface area contributed by atoms with E-state index >= 15 is 0 Å². The van der Waals surface area contributed by atoms with E-state index in [0.717, 1.165) is 6.07 Å². The number of anilines is 2. The number of pyridine rings is 1. The lowest BCUT2D eigenvalue weighted by Crippen LogP contribution is -2.13. The number of fused-ring (bicyclic) bond motifs is 1. The Morgan fingerprint density at radius 3 is 2.81 bits per heavy atom. The van der Waals surface area contributed by atoms with Crippen LogP contribution in [0.1, 0.15) is 0 Å². The van der Waals surface area contributed by atoms with Gasteiger partial charge in [-0.1, -0.05) is 6.07 Å². The van der Waals surface area contributed by atoms with Gasteiger partial charge in [-0.3, -0.25) is 4.72 Å². The Bertz CT molecular complexity index is 921. The van der Waals surface area contributed by atoms with Gasteiger partial charge in [-0.2, -0.15) is 4.39 Å². The number of benzene rings is 1. The summed E-state index contributed by atoms with van der Waals surface area (Å²) in [4.78, 5) is 6.35. The molecule has 0 unspecified atom stereocenters. The van der Waals surface area contributed by atoms with E-state index in [9.17, 15) is 12.8 Å². The minimum Gasteiger partial charge on any atom is -0.399 e. The van der Waals surface area contributed by atoms with E-state index in [2.05, 4.69) is 14.7 Å². The van der Waals surface area contributed by atoms with Crippen molar-refractivity contribution in [2.24, 2.45) is 0 Å². The summed E-state index contributed by atoms with van der Waals surface area (Å²) in [6, 6.07) is 8.77. The summed E-state index contributed by atoms with van der Waals surface area (Å²) in [6.07, 6.45) is 1.35. The molecule has 0 atom stereocenters. The van der Waals surface area contributed by atoms with Gasteiger partial charge in [0.05, 0.1) is 0 Å². The van der Waals surface area contributed by atoms with E-state index in [1.165, 1.54) is 18.3 Å². The highest BCUT2D eigenvalue weighted by Crippen LogP contribution is 2.26. The second kappa shape index (κ2) is 4.74. The van der Waals surface area contributed by atoms with Crippen LogP contribution in [0.25, 0.3) is 10.9 Å². The highest BCUT2D eigenvalue weighted by Gasteiger charge is 2.20. The van der Waals surface area contributed by atoms with Crippen LogP contribution in [0.2, 0.25) is 0 Å². The molecule has 2 heterocycles. The molecule has 0 spiro atoms. The maximum atomic E-state index is 13.0. The fourth-order valence-corrected chi connectivity index (χ4v) is 3.16. The van der Waals surface area contributed by atoms with Crippen molar-refractivity contribution in [2.75, 3.05) is 10.5 Å². The average molecular weight is 306 g/mol. The molecule has 3 rings (SSSR count). The Morgan fingerprint density at radius 1 is 1.24 bits per heavy atom. The Balaban J connectivity index is 2.06. The van der Waals surface area contributed by atoms with Crippen molar-refractivity contribution < 1.29 is 12.8 Å². The van der Waals surface area contributed by atoms with Gasteiger partial charge >= 0.3 is 0 Å². The lowest BCUT2D eigenvalue weighted by Gasteiger charge is -2.06. The Kier molecular flexibility index (Phi) is 3.02. The molecule has 0 saturated carbocycles. The summed E-state index contributed by atoms with van der Waals surface area (Å²) < 4.78 is 40.0. The van der Waals surface area contributed by atoms with Gasteiger partial charge in [0.1, 0.15) is 10.7 Å². The van der Waals surface area contributed by atoms with Gasteiger partial charge in [0.2, 0.25) is 5.95 Å². The van der Waals surface area contributed by atoms with Gasteiger partial charge in [0, 0.05) is 22.8 Å². The van der Waals surface area contributed by atoms with Crippen molar-refractivity contribution in [3.8, 4) is 0 Å². The molecule has 4 N–H and O–H groups in total. The number of nitrogens with zero attached hydrogens (tertiary/aromatic N) is 1. The number of aromatic nitrogens is 2. The van der Waals surface area contributed by atoms with Crippen LogP contribution < -0.4 is 10.5 Å². The topological polar surface area (TPSA) is 101 Å². The molecule has 6 nitrogen and oxygen atoms in total. The first-order valence-electron chi connectivity index (χ1n) is 5.98. The van der Waals surface area contributed by atoms with Crippen LogP contribution in [0.3, 0.4) is 0 Å². The van der Waals surface area contributed by atoms with Gasteiger partial charge in [0.15, 0.2) is 0 Å². The van der Waals surface area contributed by atoms with Gasteiger partial charge in [-0.15, -0.1) is 0 Å². The van der Waals surface area contributed by atoms with E-state index in [1.54, 1.807) is 18.2 Å². The second-order valence-electron chi connectivity index (χ2n) is 4.41. The van der Waals surface area contributed by atoms with Crippen molar-refractivity contribution in [3.63, 3.8) is 0 Å². The molecule has 0 aliphatic heterocycles. The summed E-state index contributed by atoms with van der Waals surface area (Å²) in [5.41, 5.74) is 6.76. The molecule has 108 valence electrons. The number of nitrogens with one attached hydrogen (secondary N) is 2. The second-order valence-corrected chi connectivity index (χ2v) is 6.06. The lowest BCUT2D eigenvalue weighted by atomic mass is 10.2. The van der Waals surface area contributed by atoms with Crippen LogP contribution in [-0.2, 0) is 10.0 Å². The maximum absolute atomic E-state index is 13.0. The van der Waals surface area contributed by atoms with E-state index in [-0.39, 0.29) is 10.7 Å². The van der Waals surface area contributed by atoms with E-state index in [4.69, 9.17) is 5.73 Å². The van der Waals surface area contributed by atoms with E-state index in [0.29, 0.717) is 16.6 Å². The number of hydrogen-bond donors (Lipinski definition) is 3. The van der Waals surface area contributed by atoms with Crippen LogP contribution in [0, 0.1) is 5.95 Å². The van der Waals surface area contributed by atoms with Crippen LogP contribution in [0.15, 0.2) is 47.5 Å². The Labute approximate surface area is 119 Å². The molecule has 1 aromatic carbocycles. The molecule has 0 radical (unpaired) electrons. The van der Waals surface area contributed by atoms with Gasteiger partial charge < -0.3 is 10.7 Å². The smallest absolute Gasteiger partial charge is 0.265 e. The van der Waals surface area contributed by atoms with Gasteiger partial charge in [0.25, 0.3) is 10.0 Å². The number of hydrogen-bond acceptors (Lipinski definition) is 4. The molecule has 21 heavy (non-hydrogen) atoms. The lowest BCUT2D eigenvalue weighted by molar-refractivity contribution is 0.584. The molecule has 0 aliphatic rings. The SMILES string of the molecule is Nc1ccc2[nH]cc(S(=O)(=O)Nc3cccc(F)n3)c2c1. The third-order valence-electron chi connectivity index (χ3n) is 2.91.